The molecule has 1 atom stereocenters. The van der Waals surface area contributed by atoms with Crippen LogP contribution in [0.4, 0.5) is 4.39 Å². The molecule has 0 aliphatic carbocycles. The zero-order chi connectivity index (χ0) is 13.0. The third kappa shape index (κ3) is 3.44. The van der Waals surface area contributed by atoms with Gasteiger partial charge in [-0.2, -0.15) is 0 Å². The Morgan fingerprint density at radius 2 is 2.33 bits per heavy atom. The summed E-state index contributed by atoms with van der Waals surface area (Å²) < 4.78 is 18.8. The van der Waals surface area contributed by atoms with Crippen LogP contribution in [-0.2, 0) is 17.8 Å². The van der Waals surface area contributed by atoms with Crippen LogP contribution in [0.2, 0.25) is 5.02 Å². The summed E-state index contributed by atoms with van der Waals surface area (Å²) in [5.41, 5.74) is 1.43. The molecule has 0 aromatic heterocycles. The number of hydrogen-bond acceptors (Lipinski definition) is 2. The fourth-order valence-electron chi connectivity index (χ4n) is 2.49. The zero-order valence-electron chi connectivity index (χ0n) is 10.6. The molecule has 0 radical (unpaired) electrons. The van der Waals surface area contributed by atoms with Crippen molar-refractivity contribution in [2.75, 3.05) is 20.2 Å². The van der Waals surface area contributed by atoms with E-state index >= 15 is 0 Å². The molecular formula is C14H19ClFNO. The van der Waals surface area contributed by atoms with E-state index in [-0.39, 0.29) is 12.4 Å². The van der Waals surface area contributed by atoms with Gasteiger partial charge in [0.25, 0.3) is 0 Å². The fraction of sp³-hybridized carbons (Fsp3) is 0.571. The summed E-state index contributed by atoms with van der Waals surface area (Å²) >= 11 is 6.10. The first-order valence-electron chi connectivity index (χ1n) is 6.37. The molecule has 2 rings (SSSR count). The van der Waals surface area contributed by atoms with Gasteiger partial charge in [-0.25, -0.2) is 4.39 Å². The first kappa shape index (κ1) is 13.8. The van der Waals surface area contributed by atoms with Gasteiger partial charge in [-0.15, -0.1) is 0 Å². The van der Waals surface area contributed by atoms with Gasteiger partial charge < -0.3 is 10.1 Å². The molecule has 1 unspecified atom stereocenters. The predicted molar refractivity (Wildman–Crippen MR) is 71.4 cm³/mol. The molecule has 1 N–H and O–H groups in total. The lowest BCUT2D eigenvalue weighted by atomic mass is 9.92. The molecule has 0 saturated carbocycles. The van der Waals surface area contributed by atoms with Crippen molar-refractivity contribution in [3.63, 3.8) is 0 Å². The van der Waals surface area contributed by atoms with Crippen molar-refractivity contribution in [1.82, 2.24) is 5.32 Å². The predicted octanol–water partition coefficient (Wildman–Crippen LogP) is 3.17. The molecule has 1 aromatic rings. The summed E-state index contributed by atoms with van der Waals surface area (Å²) in [6.45, 7) is 2.33. The monoisotopic (exact) mass is 271 g/mol. The van der Waals surface area contributed by atoms with E-state index in [9.17, 15) is 4.39 Å². The minimum atomic E-state index is -0.261. The van der Waals surface area contributed by atoms with Gasteiger partial charge in [-0.05, 0) is 56.0 Å². The molecular weight excluding hydrogens is 253 g/mol. The van der Waals surface area contributed by atoms with Gasteiger partial charge in [0.2, 0.25) is 0 Å². The maximum absolute atomic E-state index is 13.9. The molecule has 1 saturated heterocycles. The number of piperidine rings is 1. The Balaban J connectivity index is 2.09. The van der Waals surface area contributed by atoms with Gasteiger partial charge in [0.05, 0.1) is 6.61 Å². The Morgan fingerprint density at radius 3 is 2.94 bits per heavy atom. The van der Waals surface area contributed by atoms with E-state index in [1.165, 1.54) is 20.0 Å². The normalized spacial score (nSPS) is 20.1. The Bertz CT molecular complexity index is 382. The number of ether oxygens (including phenoxy) is 1. The third-order valence-corrected chi connectivity index (χ3v) is 3.75. The molecule has 2 nitrogen and oxygen atoms in total. The van der Waals surface area contributed by atoms with Crippen molar-refractivity contribution in [3.8, 4) is 0 Å². The summed E-state index contributed by atoms with van der Waals surface area (Å²) in [5.74, 6) is 0.325. The van der Waals surface area contributed by atoms with Crippen molar-refractivity contribution in [2.24, 2.45) is 5.92 Å². The van der Waals surface area contributed by atoms with Crippen molar-refractivity contribution in [1.29, 1.82) is 0 Å². The van der Waals surface area contributed by atoms with E-state index in [0.717, 1.165) is 25.1 Å². The topological polar surface area (TPSA) is 21.3 Å². The lowest BCUT2D eigenvalue weighted by Crippen LogP contribution is -2.30. The van der Waals surface area contributed by atoms with Crippen LogP contribution in [0.3, 0.4) is 0 Å². The maximum Gasteiger partial charge on any atom is 0.130 e. The molecule has 4 heteroatoms. The van der Waals surface area contributed by atoms with Crippen LogP contribution in [0, 0.1) is 11.7 Å². The maximum atomic E-state index is 13.9. The van der Waals surface area contributed by atoms with Crippen molar-refractivity contribution < 1.29 is 9.13 Å². The highest BCUT2D eigenvalue weighted by molar-refractivity contribution is 6.31. The van der Waals surface area contributed by atoms with Gasteiger partial charge in [-0.1, -0.05) is 11.6 Å². The second kappa shape index (κ2) is 6.50. The zero-order valence-corrected chi connectivity index (χ0v) is 11.4. The van der Waals surface area contributed by atoms with Crippen LogP contribution in [-0.4, -0.2) is 20.2 Å². The van der Waals surface area contributed by atoms with Crippen molar-refractivity contribution in [3.05, 3.63) is 34.1 Å². The molecule has 0 bridgehead atoms. The minimum Gasteiger partial charge on any atom is -0.380 e. The number of nitrogens with one attached hydrogen (secondary N) is 1. The molecule has 1 aliphatic heterocycles. The molecule has 1 fully saturated rings. The molecule has 100 valence electrons. The summed E-state index contributed by atoms with van der Waals surface area (Å²) in [6, 6.07) is 3.46. The number of halogens is 2. The van der Waals surface area contributed by atoms with E-state index < -0.39 is 0 Å². The summed E-state index contributed by atoms with van der Waals surface area (Å²) in [6.07, 6.45) is 3.28. The molecule has 1 aromatic carbocycles. The van der Waals surface area contributed by atoms with Crippen LogP contribution in [0.15, 0.2) is 12.1 Å². The van der Waals surface area contributed by atoms with Crippen molar-refractivity contribution >= 4 is 11.6 Å². The highest BCUT2D eigenvalue weighted by atomic mass is 35.5. The lowest BCUT2D eigenvalue weighted by molar-refractivity contribution is 0.181. The smallest absolute Gasteiger partial charge is 0.130 e. The Morgan fingerprint density at radius 1 is 1.50 bits per heavy atom. The Hall–Kier alpha value is -0.640. The largest absolute Gasteiger partial charge is 0.380 e. The van der Waals surface area contributed by atoms with Gasteiger partial charge in [0.15, 0.2) is 0 Å². The van der Waals surface area contributed by atoms with Gasteiger partial charge in [-0.3, -0.25) is 0 Å². The van der Waals surface area contributed by atoms with Crippen molar-refractivity contribution in [2.45, 2.75) is 25.9 Å². The van der Waals surface area contributed by atoms with Gasteiger partial charge >= 0.3 is 0 Å². The summed E-state index contributed by atoms with van der Waals surface area (Å²) in [4.78, 5) is 0. The quantitative estimate of drug-likeness (QED) is 0.908. The molecule has 0 spiro atoms. The Kier molecular flexibility index (Phi) is 4.98. The van der Waals surface area contributed by atoms with Gasteiger partial charge in [0.1, 0.15) is 5.82 Å². The van der Waals surface area contributed by atoms with E-state index in [4.69, 9.17) is 16.3 Å². The van der Waals surface area contributed by atoms with E-state index in [0.29, 0.717) is 16.5 Å². The average molecular weight is 272 g/mol. The molecule has 1 aliphatic rings. The SMILES string of the molecule is COCc1c(F)cc(CC2CCCNC2)cc1Cl. The van der Waals surface area contributed by atoms with Crippen LogP contribution in [0.5, 0.6) is 0 Å². The highest BCUT2D eigenvalue weighted by Gasteiger charge is 2.16. The summed E-state index contributed by atoms with van der Waals surface area (Å²) in [7, 11) is 1.54. The first-order valence-corrected chi connectivity index (χ1v) is 6.75. The number of methoxy groups -OCH3 is 1. The fourth-order valence-corrected chi connectivity index (χ4v) is 2.77. The highest BCUT2D eigenvalue weighted by Crippen LogP contribution is 2.25. The van der Waals surface area contributed by atoms with E-state index in [1.807, 2.05) is 6.07 Å². The molecule has 0 amide bonds. The van der Waals surface area contributed by atoms with Crippen LogP contribution in [0.25, 0.3) is 0 Å². The standard InChI is InChI=1S/C14H19ClFNO/c1-18-9-12-13(15)6-11(7-14(12)16)5-10-3-2-4-17-8-10/h6-7,10,17H,2-5,8-9H2,1H3. The first-order chi connectivity index (χ1) is 8.70. The van der Waals surface area contributed by atoms with Crippen LogP contribution in [0.1, 0.15) is 24.0 Å². The lowest BCUT2D eigenvalue weighted by Gasteiger charge is -2.23. The van der Waals surface area contributed by atoms with Crippen LogP contribution >= 0.6 is 11.6 Å². The Labute approximate surface area is 112 Å². The third-order valence-electron chi connectivity index (χ3n) is 3.41. The van der Waals surface area contributed by atoms with E-state index in [2.05, 4.69) is 5.32 Å². The number of benzene rings is 1. The average Bonchev–Trinajstić information content (AvgIpc) is 2.35. The number of hydrogen-bond donors (Lipinski definition) is 1. The molecule has 18 heavy (non-hydrogen) atoms. The number of rotatable bonds is 4. The van der Waals surface area contributed by atoms with Crippen LogP contribution < -0.4 is 5.32 Å². The second-order valence-corrected chi connectivity index (χ2v) is 5.29. The summed E-state index contributed by atoms with van der Waals surface area (Å²) in [5, 5.41) is 3.84. The van der Waals surface area contributed by atoms with Gasteiger partial charge in [0, 0.05) is 17.7 Å². The van der Waals surface area contributed by atoms with E-state index in [1.54, 1.807) is 6.07 Å². The minimum absolute atomic E-state index is 0.218. The molecule has 1 heterocycles. The second-order valence-electron chi connectivity index (χ2n) is 4.89.